The maximum absolute atomic E-state index is 14.8. The molecule has 434 valence electrons. The van der Waals surface area contributed by atoms with Gasteiger partial charge in [0.05, 0.1) is 22.4 Å². The molecule has 19 heteroatoms. The average Bonchev–Trinajstić information content (AvgIpc) is 3.79. The average molecular weight is 1130 g/mol. The van der Waals surface area contributed by atoms with Crippen molar-refractivity contribution in [3.63, 3.8) is 0 Å². The van der Waals surface area contributed by atoms with Crippen LogP contribution in [0.4, 0.5) is 0 Å². The Morgan fingerprint density at radius 2 is 1.16 bits per heavy atom. The Kier molecular flexibility index (Phi) is 15.1. The van der Waals surface area contributed by atoms with Gasteiger partial charge >= 0.3 is 5.97 Å². The quantitative estimate of drug-likeness (QED) is 0.0642. The van der Waals surface area contributed by atoms with E-state index in [2.05, 4.69) is 38.0 Å². The second-order valence-electron chi connectivity index (χ2n) is 25.0. The smallest absolute Gasteiger partial charge is 0.329 e. The van der Waals surface area contributed by atoms with Crippen LogP contribution < -0.4 is 15.2 Å². The lowest BCUT2D eigenvalue weighted by atomic mass is 9.96. The predicted octanol–water partition coefficient (Wildman–Crippen LogP) is 6.63. The van der Waals surface area contributed by atoms with E-state index in [0.29, 0.717) is 71.3 Å². The molecular weight excluding hydrogens is 1060 g/mol. The van der Waals surface area contributed by atoms with Crippen LogP contribution in [0.1, 0.15) is 135 Å². The minimum Gasteiger partial charge on any atom is -0.489 e. The van der Waals surface area contributed by atoms with Crippen LogP contribution in [-0.2, 0) is 61.3 Å². The SMILES string of the molecule is CC(C)(C)OC(=O)[C@H](C[C@@H](C(N)=O)N1Cc2cc(O[C@H]3CCN(Cc4ccc5nc(C(C)(C)O)ccc5c4)C3)ccc2C1=O)N1C(=O)CC[C@H](N2Cc3cc(O[C@H]4CCN(Cc5ccc6nc(C(C)(C)O)ccc6c5)C4)ccc3C2=O)C1=O. The number of nitrogens with zero attached hydrogens (tertiary/aromatic N) is 7. The second kappa shape index (κ2) is 22.1. The predicted molar refractivity (Wildman–Crippen MR) is 307 cm³/mol. The molecule has 83 heavy (non-hydrogen) atoms. The van der Waals surface area contributed by atoms with Gasteiger partial charge in [-0.25, -0.2) is 14.8 Å². The first kappa shape index (κ1) is 57.0. The van der Waals surface area contributed by atoms with Gasteiger partial charge < -0.3 is 40.0 Å². The number of pyridine rings is 2. The summed E-state index contributed by atoms with van der Waals surface area (Å²) in [6, 6.07) is 26.0. The number of esters is 1. The van der Waals surface area contributed by atoms with Crippen LogP contribution in [0.15, 0.2) is 97.1 Å². The first-order chi connectivity index (χ1) is 39.3. The molecule has 0 aliphatic carbocycles. The van der Waals surface area contributed by atoms with E-state index in [0.717, 1.165) is 63.8 Å². The second-order valence-corrected chi connectivity index (χ2v) is 25.0. The summed E-state index contributed by atoms with van der Waals surface area (Å²) in [5.74, 6) is -3.20. The Bertz CT molecular complexity index is 3590. The highest BCUT2D eigenvalue weighted by molar-refractivity contribution is 6.08. The lowest BCUT2D eigenvalue weighted by Gasteiger charge is -2.40. The summed E-state index contributed by atoms with van der Waals surface area (Å²) in [6.07, 6.45) is 0.592. The number of aliphatic hydroxyl groups is 2. The number of hydrogen-bond acceptors (Lipinski definition) is 15. The molecule has 5 amide bonds. The molecule has 5 aliphatic heterocycles. The molecule has 6 aromatic rings. The maximum atomic E-state index is 14.8. The van der Waals surface area contributed by atoms with E-state index < -0.39 is 76.9 Å². The zero-order valence-corrected chi connectivity index (χ0v) is 48.1. The molecule has 0 unspecified atom stereocenters. The van der Waals surface area contributed by atoms with Crippen LogP contribution in [0.3, 0.4) is 0 Å². The summed E-state index contributed by atoms with van der Waals surface area (Å²) in [7, 11) is 0. The van der Waals surface area contributed by atoms with Gasteiger partial charge in [-0.3, -0.25) is 38.7 Å². The minimum atomic E-state index is -1.68. The molecule has 3 fully saturated rings. The van der Waals surface area contributed by atoms with Crippen molar-refractivity contribution in [2.75, 3.05) is 26.2 Å². The Morgan fingerprint density at radius 1 is 0.639 bits per heavy atom. The molecule has 3 saturated heterocycles. The number of carbonyl (C=O) groups excluding carboxylic acids is 6. The number of hydrogen-bond donors (Lipinski definition) is 3. The van der Waals surface area contributed by atoms with Gasteiger partial charge in [0.15, 0.2) is 0 Å². The van der Waals surface area contributed by atoms with Crippen LogP contribution in [0, 0.1) is 0 Å². The van der Waals surface area contributed by atoms with Gasteiger partial charge in [-0.1, -0.05) is 24.3 Å². The highest BCUT2D eigenvalue weighted by Crippen LogP contribution is 2.36. The number of primary amides is 1. The molecule has 19 nitrogen and oxygen atoms in total. The third kappa shape index (κ3) is 12.2. The zero-order chi connectivity index (χ0) is 58.9. The molecule has 4 N–H and O–H groups in total. The van der Waals surface area contributed by atoms with Gasteiger partial charge in [-0.2, -0.15) is 0 Å². The van der Waals surface area contributed by atoms with Gasteiger partial charge in [-0.05, 0) is 163 Å². The molecule has 5 aliphatic rings. The van der Waals surface area contributed by atoms with E-state index in [-0.39, 0.29) is 38.1 Å². The minimum absolute atomic E-state index is 0.00280. The molecule has 0 radical (unpaired) electrons. The monoisotopic (exact) mass is 1130 g/mol. The van der Waals surface area contributed by atoms with E-state index >= 15 is 0 Å². The fourth-order valence-electron chi connectivity index (χ4n) is 12.2. The van der Waals surface area contributed by atoms with E-state index in [9.17, 15) is 39.0 Å². The molecule has 0 bridgehead atoms. The largest absolute Gasteiger partial charge is 0.489 e. The number of aromatic nitrogens is 2. The Morgan fingerprint density at radius 3 is 1.66 bits per heavy atom. The molecule has 2 aromatic heterocycles. The van der Waals surface area contributed by atoms with Gasteiger partial charge in [-0.15, -0.1) is 0 Å². The number of nitrogens with two attached hydrogens (primary N) is 1. The van der Waals surface area contributed by atoms with Gasteiger partial charge in [0.1, 0.15) is 58.6 Å². The van der Waals surface area contributed by atoms with Crippen molar-refractivity contribution in [3.05, 3.63) is 142 Å². The van der Waals surface area contributed by atoms with Crippen molar-refractivity contribution in [2.45, 2.75) is 154 Å². The molecule has 0 spiro atoms. The van der Waals surface area contributed by atoms with Crippen molar-refractivity contribution >= 4 is 57.3 Å². The summed E-state index contributed by atoms with van der Waals surface area (Å²) in [4.78, 5) is 103. The van der Waals surface area contributed by atoms with Gasteiger partial charge in [0.25, 0.3) is 17.7 Å². The van der Waals surface area contributed by atoms with Crippen LogP contribution in [-0.4, -0.2) is 142 Å². The third-order valence-corrected chi connectivity index (χ3v) is 16.4. The first-order valence-corrected chi connectivity index (χ1v) is 28.6. The van der Waals surface area contributed by atoms with Crippen LogP contribution in [0.5, 0.6) is 11.5 Å². The number of likely N-dealkylation sites (tertiary alicyclic amines) is 3. The molecule has 5 atom stereocenters. The standard InChI is InChI=1S/C64H72N8O11/c1-62(2,3)83-61(78)53(30-52(57(65)74)71-34-42-29-44(13-15-48(42)59(71)76)82-46-23-25-69(36-46)32-38-9-17-50-40(27-38)11-20-55(67-50)64(6,7)80)72-56(73)21-18-51(60(72)77)70-33-41-28-43(12-14-47(41)58(70)75)81-45-22-24-68(35-45)31-37-8-16-49-39(26-37)10-19-54(66-49)63(4,5)79/h8-17,19-20,26-29,45-46,51-53,79-80H,18,21-25,30-36H2,1-7H3,(H2,65,74)/t45-,46-,51-,52-,53-/m0/s1. The van der Waals surface area contributed by atoms with Crippen LogP contribution in [0.25, 0.3) is 21.8 Å². The Balaban J connectivity index is 0.730. The first-order valence-electron chi connectivity index (χ1n) is 28.6. The van der Waals surface area contributed by atoms with Crippen LogP contribution in [0.2, 0.25) is 0 Å². The van der Waals surface area contributed by atoms with Gasteiger partial charge in [0, 0.05) is 87.1 Å². The zero-order valence-electron chi connectivity index (χ0n) is 48.1. The topological polar surface area (TPSA) is 239 Å². The maximum Gasteiger partial charge on any atom is 0.329 e. The van der Waals surface area contributed by atoms with Crippen molar-refractivity contribution in [2.24, 2.45) is 5.73 Å². The molecule has 4 aromatic carbocycles. The number of ether oxygens (including phenoxy) is 3. The Hall–Kier alpha value is -7.84. The van der Waals surface area contributed by atoms with Crippen molar-refractivity contribution in [1.82, 2.24) is 34.5 Å². The lowest BCUT2D eigenvalue weighted by Crippen LogP contribution is -2.61. The van der Waals surface area contributed by atoms with Crippen LogP contribution >= 0.6 is 0 Å². The number of imide groups is 1. The Labute approximate surface area is 482 Å². The van der Waals surface area contributed by atoms with Crippen molar-refractivity contribution in [3.8, 4) is 11.5 Å². The fourth-order valence-corrected chi connectivity index (χ4v) is 12.2. The van der Waals surface area contributed by atoms with Gasteiger partial charge in [0.2, 0.25) is 11.8 Å². The molecule has 0 saturated carbocycles. The highest BCUT2D eigenvalue weighted by Gasteiger charge is 2.50. The highest BCUT2D eigenvalue weighted by atomic mass is 16.6. The molecule has 11 rings (SSSR count). The summed E-state index contributed by atoms with van der Waals surface area (Å²) >= 11 is 0. The number of amides is 5. The number of carbonyl (C=O) groups is 6. The normalized spacial score (nSPS) is 20.6. The van der Waals surface area contributed by atoms with Crippen molar-refractivity contribution < 1.29 is 53.2 Å². The number of rotatable bonds is 17. The van der Waals surface area contributed by atoms with Crippen molar-refractivity contribution in [1.29, 1.82) is 0 Å². The number of piperidine rings is 1. The van der Waals surface area contributed by atoms with E-state index in [1.165, 1.54) is 9.80 Å². The summed E-state index contributed by atoms with van der Waals surface area (Å²) in [5.41, 5.74) is 9.97. The summed E-state index contributed by atoms with van der Waals surface area (Å²) in [6.45, 7) is 16.2. The third-order valence-electron chi connectivity index (χ3n) is 16.4. The van der Waals surface area contributed by atoms with E-state index in [4.69, 9.17) is 19.9 Å². The summed E-state index contributed by atoms with van der Waals surface area (Å²) in [5, 5.41) is 22.8. The summed E-state index contributed by atoms with van der Waals surface area (Å²) < 4.78 is 18.8. The molecular formula is C64H72N8O11. The fraction of sp³-hybridized carbons (Fsp3) is 0.438. The number of benzene rings is 4. The number of fused-ring (bicyclic) bond motifs is 4. The lowest BCUT2D eigenvalue weighted by molar-refractivity contribution is -0.173. The molecule has 7 heterocycles. The van der Waals surface area contributed by atoms with E-state index in [1.807, 2.05) is 48.5 Å². The van der Waals surface area contributed by atoms with E-state index in [1.54, 1.807) is 78.8 Å².